The molecule has 0 radical (unpaired) electrons. The van der Waals surface area contributed by atoms with Crippen LogP contribution in [0.25, 0.3) is 0 Å². The number of aliphatic imine (C=N–C) groups is 1. The lowest BCUT2D eigenvalue weighted by Crippen LogP contribution is -2.45. The molecule has 0 bridgehead atoms. The van der Waals surface area contributed by atoms with Crippen molar-refractivity contribution in [3.63, 3.8) is 0 Å². The average Bonchev–Trinajstić information content (AvgIpc) is 3.35. The van der Waals surface area contributed by atoms with Crippen LogP contribution in [0.2, 0.25) is 0 Å². The second-order valence-electron chi connectivity index (χ2n) is 8.46. The number of nitrogens with zero attached hydrogens (tertiary/aromatic N) is 4. The van der Waals surface area contributed by atoms with E-state index in [1.165, 1.54) is 16.7 Å². The molecule has 1 aliphatic heterocycles. The zero-order valence-electron chi connectivity index (χ0n) is 19.3. The number of fused-ring (bicyclic) bond motifs is 1. The molecule has 2 heterocycles. The smallest absolute Gasteiger partial charge is 0.191 e. The highest BCUT2D eigenvalue weighted by Crippen LogP contribution is 2.18. The number of hydrogen-bond donors (Lipinski definition) is 3. The summed E-state index contributed by atoms with van der Waals surface area (Å²) in [5, 5.41) is 21.5. The van der Waals surface area contributed by atoms with Gasteiger partial charge in [-0.3, -0.25) is 9.58 Å². The number of guanidine groups is 1. The van der Waals surface area contributed by atoms with Crippen LogP contribution >= 0.6 is 0 Å². The molecule has 7 nitrogen and oxygen atoms in total. The Kier molecular flexibility index (Phi) is 8.11. The van der Waals surface area contributed by atoms with Gasteiger partial charge in [-0.2, -0.15) is 5.10 Å². The summed E-state index contributed by atoms with van der Waals surface area (Å²) in [5.74, 6) is 0.717. The monoisotopic (exact) mass is 446 g/mol. The zero-order valence-corrected chi connectivity index (χ0v) is 19.3. The van der Waals surface area contributed by atoms with Gasteiger partial charge in [0.2, 0.25) is 0 Å². The first kappa shape index (κ1) is 23.0. The Morgan fingerprint density at radius 1 is 1.06 bits per heavy atom. The van der Waals surface area contributed by atoms with Crippen molar-refractivity contribution in [2.75, 3.05) is 26.2 Å². The fourth-order valence-corrected chi connectivity index (χ4v) is 4.23. The standard InChI is InChI=1S/C26H34N6O/c1-2-27-26(28-16-22-9-4-6-11-24(22)19-32-14-7-13-30-32)29-17-25(33)20-31-15-12-21-8-3-5-10-23(21)18-31/h3-11,13-14,25,33H,2,12,15-20H2,1H3,(H2,27,28,29). The number of benzene rings is 2. The number of rotatable bonds is 9. The predicted molar refractivity (Wildman–Crippen MR) is 132 cm³/mol. The summed E-state index contributed by atoms with van der Waals surface area (Å²) in [6.45, 7) is 7.08. The van der Waals surface area contributed by atoms with Crippen molar-refractivity contribution in [3.05, 3.63) is 89.2 Å². The van der Waals surface area contributed by atoms with Crippen LogP contribution in [0.4, 0.5) is 0 Å². The van der Waals surface area contributed by atoms with Crippen LogP contribution in [0.3, 0.4) is 0 Å². The van der Waals surface area contributed by atoms with E-state index in [2.05, 4.69) is 57.0 Å². The van der Waals surface area contributed by atoms with E-state index in [9.17, 15) is 5.11 Å². The van der Waals surface area contributed by atoms with Gasteiger partial charge in [-0.15, -0.1) is 0 Å². The number of hydrogen-bond acceptors (Lipinski definition) is 4. The molecule has 0 amide bonds. The highest BCUT2D eigenvalue weighted by molar-refractivity contribution is 5.79. The Morgan fingerprint density at radius 2 is 1.85 bits per heavy atom. The second-order valence-corrected chi connectivity index (χ2v) is 8.46. The largest absolute Gasteiger partial charge is 0.390 e. The first-order chi connectivity index (χ1) is 16.2. The van der Waals surface area contributed by atoms with Crippen LogP contribution in [0.5, 0.6) is 0 Å². The molecule has 1 aliphatic rings. The molecule has 0 saturated carbocycles. The average molecular weight is 447 g/mol. The molecule has 1 unspecified atom stereocenters. The summed E-state index contributed by atoms with van der Waals surface area (Å²) in [5.41, 5.74) is 5.16. The van der Waals surface area contributed by atoms with Crippen LogP contribution in [-0.4, -0.2) is 58.0 Å². The molecule has 174 valence electrons. The van der Waals surface area contributed by atoms with Gasteiger partial charge in [0.25, 0.3) is 0 Å². The predicted octanol–water partition coefficient (Wildman–Crippen LogP) is 2.41. The summed E-state index contributed by atoms with van der Waals surface area (Å²) in [6.07, 6.45) is 4.33. The highest BCUT2D eigenvalue weighted by atomic mass is 16.3. The first-order valence-electron chi connectivity index (χ1n) is 11.7. The second kappa shape index (κ2) is 11.6. The van der Waals surface area contributed by atoms with Gasteiger partial charge in [-0.05, 0) is 41.7 Å². The minimum atomic E-state index is -0.466. The van der Waals surface area contributed by atoms with Gasteiger partial charge in [0, 0.05) is 45.1 Å². The van der Waals surface area contributed by atoms with Gasteiger partial charge in [0.05, 0.1) is 19.2 Å². The zero-order chi connectivity index (χ0) is 22.9. The van der Waals surface area contributed by atoms with Gasteiger partial charge in [0.15, 0.2) is 5.96 Å². The summed E-state index contributed by atoms with van der Waals surface area (Å²) in [7, 11) is 0. The van der Waals surface area contributed by atoms with Crippen molar-refractivity contribution in [1.29, 1.82) is 0 Å². The molecule has 0 aliphatic carbocycles. The fraction of sp³-hybridized carbons (Fsp3) is 0.385. The maximum atomic E-state index is 10.6. The number of aliphatic hydroxyl groups excluding tert-OH is 1. The molecule has 0 spiro atoms. The van der Waals surface area contributed by atoms with Crippen molar-refractivity contribution in [2.24, 2.45) is 4.99 Å². The number of nitrogens with one attached hydrogen (secondary N) is 2. The van der Waals surface area contributed by atoms with E-state index < -0.39 is 6.10 Å². The van der Waals surface area contributed by atoms with E-state index >= 15 is 0 Å². The van der Waals surface area contributed by atoms with Crippen molar-refractivity contribution < 1.29 is 5.11 Å². The quantitative estimate of drug-likeness (QED) is 0.348. The third kappa shape index (κ3) is 6.66. The SMILES string of the molecule is CCNC(=NCc1ccccc1Cn1cccn1)NCC(O)CN1CCc2ccccc2C1. The molecule has 3 aromatic rings. The van der Waals surface area contributed by atoms with Crippen LogP contribution in [-0.2, 0) is 26.1 Å². The maximum absolute atomic E-state index is 10.6. The van der Waals surface area contributed by atoms with Crippen molar-refractivity contribution in [3.8, 4) is 0 Å². The van der Waals surface area contributed by atoms with E-state index in [-0.39, 0.29) is 0 Å². The van der Waals surface area contributed by atoms with Gasteiger partial charge in [0.1, 0.15) is 0 Å². The van der Waals surface area contributed by atoms with Crippen LogP contribution in [0.15, 0.2) is 72.0 Å². The van der Waals surface area contributed by atoms with E-state index in [1.54, 1.807) is 6.20 Å². The summed E-state index contributed by atoms with van der Waals surface area (Å²) >= 11 is 0. The lowest BCUT2D eigenvalue weighted by molar-refractivity contribution is 0.108. The number of aliphatic hydroxyl groups is 1. The van der Waals surface area contributed by atoms with Crippen molar-refractivity contribution >= 4 is 5.96 Å². The van der Waals surface area contributed by atoms with E-state index in [4.69, 9.17) is 4.99 Å². The minimum Gasteiger partial charge on any atom is -0.390 e. The van der Waals surface area contributed by atoms with Crippen LogP contribution in [0.1, 0.15) is 29.2 Å². The molecule has 1 aromatic heterocycles. The lowest BCUT2D eigenvalue weighted by atomic mass is 10.00. The topological polar surface area (TPSA) is 77.7 Å². The molecule has 4 rings (SSSR count). The Morgan fingerprint density at radius 3 is 2.64 bits per heavy atom. The third-order valence-corrected chi connectivity index (χ3v) is 5.95. The molecular weight excluding hydrogens is 412 g/mol. The van der Waals surface area contributed by atoms with Crippen molar-refractivity contribution in [2.45, 2.75) is 39.1 Å². The molecule has 3 N–H and O–H groups in total. The van der Waals surface area contributed by atoms with E-state index in [0.717, 1.165) is 44.1 Å². The lowest BCUT2D eigenvalue weighted by Gasteiger charge is -2.30. The Bertz CT molecular complexity index is 1030. The minimum absolute atomic E-state index is 0.457. The third-order valence-electron chi connectivity index (χ3n) is 5.95. The summed E-state index contributed by atoms with van der Waals surface area (Å²) in [6, 6.07) is 18.8. The van der Waals surface area contributed by atoms with Crippen LogP contribution in [0, 0.1) is 0 Å². The molecule has 0 saturated heterocycles. The molecule has 1 atom stereocenters. The molecule has 0 fully saturated rings. The molecule has 7 heteroatoms. The fourth-order valence-electron chi connectivity index (χ4n) is 4.23. The van der Waals surface area contributed by atoms with Gasteiger partial charge >= 0.3 is 0 Å². The van der Waals surface area contributed by atoms with Gasteiger partial charge in [-0.1, -0.05) is 48.5 Å². The Hall–Kier alpha value is -3.16. The van der Waals surface area contributed by atoms with E-state index in [1.807, 2.05) is 36.0 Å². The number of aromatic nitrogens is 2. The number of β-amino-alcohol motifs (C(OH)–C–C–N with tert-alkyl or cyclic N) is 1. The first-order valence-corrected chi connectivity index (χ1v) is 11.7. The summed E-state index contributed by atoms with van der Waals surface area (Å²) in [4.78, 5) is 7.09. The van der Waals surface area contributed by atoms with E-state index in [0.29, 0.717) is 19.6 Å². The highest BCUT2D eigenvalue weighted by Gasteiger charge is 2.18. The Balaban J connectivity index is 1.31. The molecular formula is C26H34N6O. The molecule has 2 aromatic carbocycles. The normalized spacial score (nSPS) is 15.2. The maximum Gasteiger partial charge on any atom is 0.191 e. The van der Waals surface area contributed by atoms with Crippen molar-refractivity contribution in [1.82, 2.24) is 25.3 Å². The van der Waals surface area contributed by atoms with Crippen LogP contribution < -0.4 is 10.6 Å². The summed E-state index contributed by atoms with van der Waals surface area (Å²) < 4.78 is 1.92. The van der Waals surface area contributed by atoms with Gasteiger partial charge < -0.3 is 15.7 Å². The van der Waals surface area contributed by atoms with Gasteiger partial charge in [-0.25, -0.2) is 4.99 Å². The molecule has 33 heavy (non-hydrogen) atoms. The Labute approximate surface area is 196 Å².